The molecule has 0 aliphatic carbocycles. The first-order valence-electron chi connectivity index (χ1n) is 6.68. The number of carbonyl (C=O) groups is 1. The SMILES string of the molecule is CCC(=O)OC(COC)COP(=O)([O-])OCC[N+](C)(C)C. The van der Waals surface area contributed by atoms with Crippen LogP contribution in [0.1, 0.15) is 13.3 Å². The number of phosphoric ester groups is 1. The van der Waals surface area contributed by atoms with Crippen molar-refractivity contribution in [2.24, 2.45) is 0 Å². The van der Waals surface area contributed by atoms with Crippen molar-refractivity contribution in [3.8, 4) is 0 Å². The van der Waals surface area contributed by atoms with Crippen molar-refractivity contribution in [3.05, 3.63) is 0 Å². The predicted molar refractivity (Wildman–Crippen MR) is 74.5 cm³/mol. The van der Waals surface area contributed by atoms with Crippen LogP contribution in [-0.4, -0.2) is 71.2 Å². The van der Waals surface area contributed by atoms with Crippen LogP contribution in [0.5, 0.6) is 0 Å². The molecule has 0 heterocycles. The summed E-state index contributed by atoms with van der Waals surface area (Å²) in [5, 5.41) is 0. The van der Waals surface area contributed by atoms with Crippen molar-refractivity contribution in [2.45, 2.75) is 19.4 Å². The standard InChI is InChI=1S/C12H26NO7P/c1-6-12(14)20-11(9-17-5)10-19-21(15,16)18-8-7-13(2,3)4/h11H,6-10H2,1-5H3. The van der Waals surface area contributed by atoms with Crippen molar-refractivity contribution in [2.75, 3.05) is 54.6 Å². The fourth-order valence-corrected chi connectivity index (χ4v) is 1.94. The Balaban J connectivity index is 4.23. The molecule has 8 nitrogen and oxygen atoms in total. The zero-order chi connectivity index (χ0) is 16.5. The second kappa shape index (κ2) is 9.50. The molecule has 0 rings (SSSR count). The van der Waals surface area contributed by atoms with Crippen LogP contribution in [0.3, 0.4) is 0 Å². The lowest BCUT2D eigenvalue weighted by molar-refractivity contribution is -0.870. The van der Waals surface area contributed by atoms with Gasteiger partial charge in [-0.3, -0.25) is 9.36 Å². The highest BCUT2D eigenvalue weighted by molar-refractivity contribution is 7.45. The summed E-state index contributed by atoms with van der Waals surface area (Å²) in [6, 6.07) is 0. The Labute approximate surface area is 126 Å². The Morgan fingerprint density at radius 3 is 2.33 bits per heavy atom. The molecular formula is C12H26NO7P. The van der Waals surface area contributed by atoms with Crippen LogP contribution >= 0.6 is 7.82 Å². The maximum atomic E-state index is 11.6. The fourth-order valence-electron chi connectivity index (χ4n) is 1.21. The number of phosphoric acid groups is 1. The van der Waals surface area contributed by atoms with E-state index >= 15 is 0 Å². The van der Waals surface area contributed by atoms with Gasteiger partial charge < -0.3 is 27.9 Å². The van der Waals surface area contributed by atoms with Gasteiger partial charge in [0.1, 0.15) is 19.3 Å². The van der Waals surface area contributed by atoms with Gasteiger partial charge >= 0.3 is 5.97 Å². The third kappa shape index (κ3) is 11.8. The average Bonchev–Trinajstić information content (AvgIpc) is 2.34. The lowest BCUT2D eigenvalue weighted by atomic mass is 10.4. The Morgan fingerprint density at radius 2 is 1.86 bits per heavy atom. The number of quaternary nitrogens is 1. The van der Waals surface area contributed by atoms with Gasteiger partial charge in [0.15, 0.2) is 0 Å². The van der Waals surface area contributed by atoms with Gasteiger partial charge in [0.2, 0.25) is 0 Å². The van der Waals surface area contributed by atoms with Crippen LogP contribution in [0.25, 0.3) is 0 Å². The number of likely N-dealkylation sites (N-methyl/N-ethyl adjacent to an activating group) is 1. The van der Waals surface area contributed by atoms with E-state index in [1.807, 2.05) is 21.1 Å². The van der Waals surface area contributed by atoms with Crippen molar-refractivity contribution in [1.29, 1.82) is 0 Å². The topological polar surface area (TPSA) is 94.1 Å². The molecule has 2 atom stereocenters. The number of esters is 1. The monoisotopic (exact) mass is 327 g/mol. The van der Waals surface area contributed by atoms with Crippen LogP contribution < -0.4 is 4.89 Å². The van der Waals surface area contributed by atoms with Gasteiger partial charge in [-0.05, 0) is 0 Å². The molecule has 21 heavy (non-hydrogen) atoms. The van der Waals surface area contributed by atoms with E-state index in [2.05, 4.69) is 0 Å². The number of ether oxygens (including phenoxy) is 2. The fraction of sp³-hybridized carbons (Fsp3) is 0.917. The molecule has 2 unspecified atom stereocenters. The molecule has 0 aliphatic rings. The van der Waals surface area contributed by atoms with Crippen LogP contribution in [-0.2, 0) is 27.9 Å². The van der Waals surface area contributed by atoms with Crippen LogP contribution in [0, 0.1) is 0 Å². The minimum atomic E-state index is -4.41. The number of hydrogen-bond donors (Lipinski definition) is 0. The summed E-state index contributed by atoms with van der Waals surface area (Å²) >= 11 is 0. The molecule has 9 heteroatoms. The van der Waals surface area contributed by atoms with E-state index in [1.165, 1.54) is 7.11 Å². The molecule has 0 saturated heterocycles. The van der Waals surface area contributed by atoms with Crippen LogP contribution in [0.2, 0.25) is 0 Å². The van der Waals surface area contributed by atoms with E-state index in [4.69, 9.17) is 18.5 Å². The Bertz CT molecular complexity index is 356. The van der Waals surface area contributed by atoms with Gasteiger partial charge in [-0.15, -0.1) is 0 Å². The van der Waals surface area contributed by atoms with Gasteiger partial charge in [-0.25, -0.2) is 0 Å². The molecule has 0 fully saturated rings. The summed E-state index contributed by atoms with van der Waals surface area (Å²) in [5.41, 5.74) is 0. The molecule has 0 aromatic carbocycles. The quantitative estimate of drug-likeness (QED) is 0.303. The number of carbonyl (C=O) groups excluding carboxylic acids is 1. The van der Waals surface area contributed by atoms with E-state index in [-0.39, 0.29) is 26.2 Å². The zero-order valence-electron chi connectivity index (χ0n) is 13.4. The van der Waals surface area contributed by atoms with E-state index in [0.717, 1.165) is 0 Å². The average molecular weight is 327 g/mol. The van der Waals surface area contributed by atoms with Gasteiger partial charge in [-0.1, -0.05) is 6.92 Å². The lowest BCUT2D eigenvalue weighted by Crippen LogP contribution is -2.37. The first kappa shape index (κ1) is 20.5. The number of nitrogens with zero attached hydrogens (tertiary/aromatic N) is 1. The molecule has 0 saturated carbocycles. The molecular weight excluding hydrogens is 301 g/mol. The molecule has 126 valence electrons. The third-order valence-corrected chi connectivity index (χ3v) is 3.33. The number of methoxy groups -OCH3 is 1. The van der Waals surface area contributed by atoms with Gasteiger partial charge in [0.25, 0.3) is 7.82 Å². The normalized spacial score (nSPS) is 16.3. The molecule has 0 bridgehead atoms. The highest BCUT2D eigenvalue weighted by atomic mass is 31.2. The minimum absolute atomic E-state index is 0.0218. The molecule has 0 amide bonds. The maximum absolute atomic E-state index is 11.6. The van der Waals surface area contributed by atoms with Crippen LogP contribution in [0.15, 0.2) is 0 Å². The Hall–Kier alpha value is -0.500. The largest absolute Gasteiger partial charge is 0.756 e. The van der Waals surface area contributed by atoms with E-state index in [1.54, 1.807) is 6.92 Å². The summed E-state index contributed by atoms with van der Waals surface area (Å²) in [7, 11) is 2.75. The van der Waals surface area contributed by atoms with Gasteiger partial charge in [0.05, 0.1) is 34.4 Å². The summed E-state index contributed by atoms with van der Waals surface area (Å²) in [4.78, 5) is 22.8. The molecule has 0 N–H and O–H groups in total. The summed E-state index contributed by atoms with van der Waals surface area (Å²) < 4.78 is 31.4. The second-order valence-corrected chi connectivity index (χ2v) is 6.92. The molecule has 0 spiro atoms. The second-order valence-electron chi connectivity index (χ2n) is 5.51. The molecule has 0 aromatic heterocycles. The highest BCUT2D eigenvalue weighted by Gasteiger charge is 2.19. The van der Waals surface area contributed by atoms with Crippen molar-refractivity contribution in [1.82, 2.24) is 0 Å². The third-order valence-electron chi connectivity index (χ3n) is 2.37. The summed E-state index contributed by atoms with van der Waals surface area (Å²) in [6.07, 6.45) is -0.596. The van der Waals surface area contributed by atoms with Crippen molar-refractivity contribution < 1.29 is 37.3 Å². The van der Waals surface area contributed by atoms with E-state index in [0.29, 0.717) is 11.0 Å². The number of rotatable bonds is 11. The van der Waals surface area contributed by atoms with Crippen molar-refractivity contribution >= 4 is 13.8 Å². The first-order chi connectivity index (χ1) is 9.59. The maximum Gasteiger partial charge on any atom is 0.305 e. The zero-order valence-corrected chi connectivity index (χ0v) is 14.3. The van der Waals surface area contributed by atoms with Gasteiger partial charge in [0, 0.05) is 13.5 Å². The van der Waals surface area contributed by atoms with E-state index in [9.17, 15) is 14.3 Å². The van der Waals surface area contributed by atoms with E-state index < -0.39 is 19.9 Å². The Kier molecular flexibility index (Phi) is 9.28. The molecule has 0 aliphatic heterocycles. The first-order valence-corrected chi connectivity index (χ1v) is 8.14. The summed E-state index contributed by atoms with van der Waals surface area (Å²) in [5.74, 6) is -0.452. The Morgan fingerprint density at radius 1 is 1.24 bits per heavy atom. The minimum Gasteiger partial charge on any atom is -0.756 e. The smallest absolute Gasteiger partial charge is 0.305 e. The molecule has 0 radical (unpaired) electrons. The van der Waals surface area contributed by atoms with Crippen molar-refractivity contribution in [3.63, 3.8) is 0 Å². The highest BCUT2D eigenvalue weighted by Crippen LogP contribution is 2.38. The van der Waals surface area contributed by atoms with Crippen LogP contribution in [0.4, 0.5) is 0 Å². The number of hydrogen-bond acceptors (Lipinski definition) is 7. The summed E-state index contributed by atoms with van der Waals surface area (Å²) in [6.45, 7) is 1.89. The van der Waals surface area contributed by atoms with Gasteiger partial charge in [-0.2, -0.15) is 0 Å². The molecule has 0 aromatic rings. The predicted octanol–water partition coefficient (Wildman–Crippen LogP) is 0.162. The lowest BCUT2D eigenvalue weighted by Gasteiger charge is -2.28.